The van der Waals surface area contributed by atoms with Crippen LogP contribution in [-0.2, 0) is 6.42 Å². The largest absolute Gasteiger partial charge is 0.330 e. The van der Waals surface area contributed by atoms with Gasteiger partial charge < -0.3 is 10.1 Å². The second kappa shape index (κ2) is 5.07. The van der Waals surface area contributed by atoms with Crippen molar-refractivity contribution in [3.05, 3.63) is 45.5 Å². The fourth-order valence-electron chi connectivity index (χ4n) is 2.20. The molecule has 0 aliphatic rings. The maximum atomic E-state index is 5.75. The summed E-state index contributed by atoms with van der Waals surface area (Å²) >= 11 is 5.29. The van der Waals surface area contributed by atoms with Gasteiger partial charge in [0, 0.05) is 17.1 Å². The summed E-state index contributed by atoms with van der Waals surface area (Å²) in [6, 6.07) is 6.26. The van der Waals surface area contributed by atoms with E-state index in [0.717, 1.165) is 22.2 Å². The summed E-state index contributed by atoms with van der Waals surface area (Å²) in [4.78, 5) is 5.97. The van der Waals surface area contributed by atoms with Crippen molar-refractivity contribution in [2.24, 2.45) is 5.73 Å². The van der Waals surface area contributed by atoms with E-state index in [2.05, 4.69) is 57.0 Å². The second-order valence-electron chi connectivity index (χ2n) is 4.46. The lowest BCUT2D eigenvalue weighted by Crippen LogP contribution is -2.06. The molecule has 3 aromatic rings. The van der Waals surface area contributed by atoms with E-state index in [0.29, 0.717) is 6.54 Å². The molecule has 0 unspecified atom stereocenters. The molecule has 2 N–H and O–H groups in total. The predicted molar refractivity (Wildman–Crippen MR) is 83.7 cm³/mol. The van der Waals surface area contributed by atoms with Crippen LogP contribution in [0, 0.1) is 6.92 Å². The molecule has 3 rings (SSSR count). The summed E-state index contributed by atoms with van der Waals surface area (Å²) in [5, 5.41) is 2.08. The molecular weight excluding hydrogens is 322 g/mol. The zero-order valence-corrected chi connectivity index (χ0v) is 13.0. The Bertz CT molecular complexity index is 716. The van der Waals surface area contributed by atoms with Gasteiger partial charge in [0.05, 0.1) is 10.6 Å². The normalized spacial score (nSPS) is 11.3. The Kier molecular flexibility index (Phi) is 3.43. The van der Waals surface area contributed by atoms with Crippen LogP contribution in [0.4, 0.5) is 0 Å². The number of hydrogen-bond acceptors (Lipinski definition) is 3. The number of hydrogen-bond donors (Lipinski definition) is 1. The number of rotatable bonds is 3. The molecule has 0 fully saturated rings. The van der Waals surface area contributed by atoms with Crippen LogP contribution in [0.15, 0.2) is 34.2 Å². The van der Waals surface area contributed by atoms with Crippen molar-refractivity contribution in [3.8, 4) is 10.6 Å². The minimum atomic E-state index is 0.623. The summed E-state index contributed by atoms with van der Waals surface area (Å²) < 4.78 is 3.23. The first-order valence-electron chi connectivity index (χ1n) is 6.11. The molecule has 3 nitrogen and oxygen atoms in total. The van der Waals surface area contributed by atoms with Gasteiger partial charge in [0.15, 0.2) is 0 Å². The number of thiophene rings is 1. The fourth-order valence-corrected chi connectivity index (χ4v) is 3.25. The van der Waals surface area contributed by atoms with Crippen molar-refractivity contribution in [1.82, 2.24) is 9.38 Å². The highest BCUT2D eigenvalue weighted by Crippen LogP contribution is 2.30. The van der Waals surface area contributed by atoms with E-state index in [1.54, 1.807) is 11.3 Å². The number of nitrogens with two attached hydrogens (primary N) is 1. The van der Waals surface area contributed by atoms with Gasteiger partial charge >= 0.3 is 0 Å². The molecule has 0 atom stereocenters. The maximum Gasteiger partial charge on any atom is 0.138 e. The second-order valence-corrected chi connectivity index (χ2v) is 6.26. The van der Waals surface area contributed by atoms with Crippen LogP contribution in [0.3, 0.4) is 0 Å². The molecule has 3 aromatic heterocycles. The van der Waals surface area contributed by atoms with Crippen LogP contribution < -0.4 is 5.73 Å². The molecule has 0 saturated carbocycles. The average Bonchev–Trinajstić information content (AvgIpc) is 3.00. The number of imidazole rings is 1. The quantitative estimate of drug-likeness (QED) is 0.794. The van der Waals surface area contributed by atoms with Gasteiger partial charge in [0.2, 0.25) is 0 Å². The van der Waals surface area contributed by atoms with Crippen molar-refractivity contribution in [3.63, 3.8) is 0 Å². The zero-order valence-electron chi connectivity index (χ0n) is 10.6. The van der Waals surface area contributed by atoms with Crippen LogP contribution in [0.5, 0.6) is 0 Å². The molecule has 0 spiro atoms. The number of aromatic nitrogens is 2. The van der Waals surface area contributed by atoms with Gasteiger partial charge in [-0.05, 0) is 52.5 Å². The van der Waals surface area contributed by atoms with Crippen LogP contribution in [-0.4, -0.2) is 15.9 Å². The standard InChI is InChI=1S/C14H14BrN3S/c1-9-7-13-17-14(12-3-2-6-19-12)11(4-5-16)18(13)8-10(9)15/h2-3,6-8H,4-5,16H2,1H3. The average molecular weight is 336 g/mol. The summed E-state index contributed by atoms with van der Waals surface area (Å²) in [5.74, 6) is 0. The SMILES string of the molecule is Cc1cc2nc(-c3cccs3)c(CCN)n2cc1Br. The molecule has 0 aliphatic heterocycles. The molecule has 3 heterocycles. The van der Waals surface area contributed by atoms with E-state index in [1.165, 1.54) is 16.1 Å². The van der Waals surface area contributed by atoms with Crippen molar-refractivity contribution in [2.75, 3.05) is 6.54 Å². The molecule has 0 bridgehead atoms. The zero-order chi connectivity index (χ0) is 13.4. The van der Waals surface area contributed by atoms with Gasteiger partial charge in [-0.1, -0.05) is 6.07 Å². The van der Waals surface area contributed by atoms with E-state index in [9.17, 15) is 0 Å². The summed E-state index contributed by atoms with van der Waals surface area (Å²) in [6.45, 7) is 2.70. The molecule has 5 heteroatoms. The van der Waals surface area contributed by atoms with Gasteiger partial charge in [-0.2, -0.15) is 0 Å². The maximum absolute atomic E-state index is 5.75. The van der Waals surface area contributed by atoms with E-state index in [4.69, 9.17) is 10.7 Å². The Morgan fingerprint density at radius 2 is 2.32 bits per heavy atom. The first-order valence-corrected chi connectivity index (χ1v) is 7.79. The minimum Gasteiger partial charge on any atom is -0.330 e. The topological polar surface area (TPSA) is 43.3 Å². The Balaban J connectivity index is 2.29. The summed E-state index contributed by atoms with van der Waals surface area (Å²) in [7, 11) is 0. The molecule has 0 amide bonds. The number of nitrogens with zero attached hydrogens (tertiary/aromatic N) is 2. The van der Waals surface area contributed by atoms with Gasteiger partial charge in [-0.3, -0.25) is 0 Å². The predicted octanol–water partition coefficient (Wildman–Crippen LogP) is 3.63. The smallest absolute Gasteiger partial charge is 0.138 e. The summed E-state index contributed by atoms with van der Waals surface area (Å²) in [6.07, 6.45) is 2.91. The molecule has 0 saturated heterocycles. The highest BCUT2D eigenvalue weighted by atomic mass is 79.9. The van der Waals surface area contributed by atoms with Crippen LogP contribution in [0.25, 0.3) is 16.2 Å². The summed E-state index contributed by atoms with van der Waals surface area (Å²) in [5.41, 5.74) is 10.2. The van der Waals surface area contributed by atoms with E-state index < -0.39 is 0 Å². The minimum absolute atomic E-state index is 0.623. The van der Waals surface area contributed by atoms with E-state index in [1.807, 2.05) is 0 Å². The number of pyridine rings is 1. The van der Waals surface area contributed by atoms with Gasteiger partial charge in [-0.15, -0.1) is 11.3 Å². The lowest BCUT2D eigenvalue weighted by molar-refractivity contribution is 0.905. The number of halogens is 1. The van der Waals surface area contributed by atoms with Crippen molar-refractivity contribution in [1.29, 1.82) is 0 Å². The third kappa shape index (κ3) is 2.22. The number of fused-ring (bicyclic) bond motifs is 1. The lowest BCUT2D eigenvalue weighted by atomic mass is 10.2. The highest BCUT2D eigenvalue weighted by molar-refractivity contribution is 9.10. The lowest BCUT2D eigenvalue weighted by Gasteiger charge is -2.04. The van der Waals surface area contributed by atoms with Crippen molar-refractivity contribution < 1.29 is 0 Å². The van der Waals surface area contributed by atoms with Crippen molar-refractivity contribution >= 4 is 32.9 Å². The third-order valence-corrected chi connectivity index (χ3v) is 4.84. The Morgan fingerprint density at radius 3 is 3.00 bits per heavy atom. The Labute approximate surface area is 124 Å². The third-order valence-electron chi connectivity index (χ3n) is 3.14. The molecule has 98 valence electrons. The Morgan fingerprint density at radius 1 is 1.47 bits per heavy atom. The van der Waals surface area contributed by atoms with E-state index >= 15 is 0 Å². The van der Waals surface area contributed by atoms with Crippen LogP contribution >= 0.6 is 27.3 Å². The molecular formula is C14H14BrN3S. The molecule has 0 radical (unpaired) electrons. The van der Waals surface area contributed by atoms with Gasteiger partial charge in [0.1, 0.15) is 11.3 Å². The monoisotopic (exact) mass is 335 g/mol. The van der Waals surface area contributed by atoms with Gasteiger partial charge in [-0.25, -0.2) is 4.98 Å². The molecule has 19 heavy (non-hydrogen) atoms. The fraction of sp³-hybridized carbons (Fsp3) is 0.214. The Hall–Kier alpha value is -1.17. The van der Waals surface area contributed by atoms with E-state index in [-0.39, 0.29) is 0 Å². The first kappa shape index (κ1) is 12.8. The molecule has 0 aromatic carbocycles. The van der Waals surface area contributed by atoms with Crippen molar-refractivity contribution in [2.45, 2.75) is 13.3 Å². The first-order chi connectivity index (χ1) is 9.20. The van der Waals surface area contributed by atoms with Crippen LogP contribution in [0.1, 0.15) is 11.3 Å². The molecule has 0 aliphatic carbocycles. The van der Waals surface area contributed by atoms with Gasteiger partial charge in [0.25, 0.3) is 0 Å². The van der Waals surface area contributed by atoms with Crippen LogP contribution in [0.2, 0.25) is 0 Å². The number of aryl methyl sites for hydroxylation is 1. The highest BCUT2D eigenvalue weighted by Gasteiger charge is 2.15.